The second-order valence-electron chi connectivity index (χ2n) is 7.07. The third-order valence-electron chi connectivity index (χ3n) is 5.33. The summed E-state index contributed by atoms with van der Waals surface area (Å²) in [6.07, 6.45) is 3.47. The van der Waals surface area contributed by atoms with Crippen molar-refractivity contribution in [2.45, 2.75) is 43.7 Å². The highest BCUT2D eigenvalue weighted by Crippen LogP contribution is 2.41. The van der Waals surface area contributed by atoms with Gasteiger partial charge < -0.3 is 15.7 Å². The van der Waals surface area contributed by atoms with Crippen molar-refractivity contribution in [3.8, 4) is 0 Å². The maximum atomic E-state index is 13.1. The Morgan fingerprint density at radius 2 is 1.56 bits per heavy atom. The first kappa shape index (κ1) is 19.1. The topological polar surface area (TPSA) is 78.4 Å². The van der Waals surface area contributed by atoms with Crippen LogP contribution in [0.2, 0.25) is 0 Å². The summed E-state index contributed by atoms with van der Waals surface area (Å²) < 4.78 is 0. The summed E-state index contributed by atoms with van der Waals surface area (Å²) in [6, 6.07) is 18.3. The van der Waals surface area contributed by atoms with Crippen LogP contribution in [0.3, 0.4) is 0 Å². The van der Waals surface area contributed by atoms with Crippen molar-refractivity contribution in [3.05, 3.63) is 71.8 Å². The van der Waals surface area contributed by atoms with E-state index < -0.39 is 18.1 Å². The van der Waals surface area contributed by atoms with Gasteiger partial charge in [0.15, 0.2) is 0 Å². The van der Waals surface area contributed by atoms with Gasteiger partial charge in [-0.3, -0.25) is 9.59 Å². The second-order valence-corrected chi connectivity index (χ2v) is 7.07. The van der Waals surface area contributed by atoms with Gasteiger partial charge in [0.05, 0.1) is 12.0 Å². The van der Waals surface area contributed by atoms with Crippen LogP contribution in [0.15, 0.2) is 60.7 Å². The molecule has 5 heteroatoms. The molecule has 1 saturated carbocycles. The van der Waals surface area contributed by atoms with Gasteiger partial charge in [0.2, 0.25) is 11.8 Å². The molecule has 0 bridgehead atoms. The van der Waals surface area contributed by atoms with Gasteiger partial charge in [-0.15, -0.1) is 0 Å². The molecule has 0 saturated heterocycles. The van der Waals surface area contributed by atoms with Crippen LogP contribution >= 0.6 is 0 Å². The molecule has 1 aliphatic carbocycles. The molecule has 2 aromatic rings. The van der Waals surface area contributed by atoms with Crippen molar-refractivity contribution in [3.63, 3.8) is 0 Å². The third kappa shape index (κ3) is 4.37. The Balaban J connectivity index is 1.67. The predicted octanol–water partition coefficient (Wildman–Crippen LogP) is 2.29. The van der Waals surface area contributed by atoms with Crippen molar-refractivity contribution in [2.75, 3.05) is 6.61 Å². The van der Waals surface area contributed by atoms with Gasteiger partial charge in [-0.1, -0.05) is 73.5 Å². The lowest BCUT2D eigenvalue weighted by atomic mass is 9.78. The fraction of sp³-hybridized carbons (Fsp3) is 0.364. The number of nitrogens with one attached hydrogen (secondary N) is 2. The summed E-state index contributed by atoms with van der Waals surface area (Å²) in [4.78, 5) is 25.6. The Labute approximate surface area is 159 Å². The van der Waals surface area contributed by atoms with Gasteiger partial charge in [0, 0.05) is 6.54 Å². The second kappa shape index (κ2) is 8.82. The molecule has 142 valence electrons. The van der Waals surface area contributed by atoms with Crippen molar-refractivity contribution in [2.24, 2.45) is 0 Å². The van der Waals surface area contributed by atoms with Crippen LogP contribution in [0.5, 0.6) is 0 Å². The molecule has 1 unspecified atom stereocenters. The Morgan fingerprint density at radius 3 is 2.15 bits per heavy atom. The van der Waals surface area contributed by atoms with Crippen LogP contribution in [0.4, 0.5) is 0 Å². The van der Waals surface area contributed by atoms with E-state index in [0.29, 0.717) is 6.54 Å². The molecule has 5 nitrogen and oxygen atoms in total. The van der Waals surface area contributed by atoms with Crippen molar-refractivity contribution in [1.82, 2.24) is 10.6 Å². The minimum absolute atomic E-state index is 0.180. The Bertz CT molecular complexity index is 756. The van der Waals surface area contributed by atoms with Gasteiger partial charge in [-0.2, -0.15) is 0 Å². The maximum Gasteiger partial charge on any atom is 0.245 e. The molecule has 27 heavy (non-hydrogen) atoms. The van der Waals surface area contributed by atoms with Gasteiger partial charge in [0.1, 0.15) is 6.04 Å². The number of aliphatic hydroxyl groups is 1. The Kier molecular flexibility index (Phi) is 6.24. The molecule has 1 aliphatic rings. The van der Waals surface area contributed by atoms with Gasteiger partial charge in [0.25, 0.3) is 0 Å². The lowest BCUT2D eigenvalue weighted by Gasteiger charge is -2.30. The van der Waals surface area contributed by atoms with E-state index in [2.05, 4.69) is 10.6 Å². The highest BCUT2D eigenvalue weighted by molar-refractivity contribution is 5.93. The smallest absolute Gasteiger partial charge is 0.245 e. The van der Waals surface area contributed by atoms with E-state index >= 15 is 0 Å². The first-order valence-corrected chi connectivity index (χ1v) is 9.45. The fourth-order valence-electron chi connectivity index (χ4n) is 3.78. The maximum absolute atomic E-state index is 13.1. The minimum atomic E-state index is -0.956. The molecule has 0 aliphatic heterocycles. The molecule has 0 aromatic heterocycles. The predicted molar refractivity (Wildman–Crippen MR) is 104 cm³/mol. The number of hydrogen-bond acceptors (Lipinski definition) is 3. The summed E-state index contributed by atoms with van der Waals surface area (Å²) >= 11 is 0. The quantitative estimate of drug-likeness (QED) is 0.704. The zero-order chi connectivity index (χ0) is 19.1. The van der Waals surface area contributed by atoms with E-state index in [1.807, 2.05) is 60.7 Å². The molecule has 0 radical (unpaired) electrons. The minimum Gasteiger partial charge on any atom is -0.394 e. The lowest BCUT2D eigenvalue weighted by Crippen LogP contribution is -2.54. The van der Waals surface area contributed by atoms with Crippen LogP contribution < -0.4 is 10.6 Å². The van der Waals surface area contributed by atoms with E-state index in [1.54, 1.807) is 0 Å². The summed E-state index contributed by atoms with van der Waals surface area (Å²) in [7, 11) is 0. The summed E-state index contributed by atoms with van der Waals surface area (Å²) in [5.41, 5.74) is 1.32. The molecule has 3 N–H and O–H groups in total. The number of rotatable bonds is 7. The molecule has 2 amide bonds. The third-order valence-corrected chi connectivity index (χ3v) is 5.33. The number of amides is 2. The number of carbonyl (C=O) groups excluding carboxylic acids is 2. The lowest BCUT2D eigenvalue weighted by molar-refractivity contribution is -0.133. The zero-order valence-corrected chi connectivity index (χ0v) is 15.4. The number of benzene rings is 2. The monoisotopic (exact) mass is 366 g/mol. The molecule has 1 atom stereocenters. The van der Waals surface area contributed by atoms with Gasteiger partial charge in [-0.05, 0) is 24.0 Å². The van der Waals surface area contributed by atoms with E-state index in [-0.39, 0.29) is 11.8 Å². The van der Waals surface area contributed by atoms with Crippen LogP contribution in [0, 0.1) is 0 Å². The Morgan fingerprint density at radius 1 is 0.963 bits per heavy atom. The van der Waals surface area contributed by atoms with Crippen LogP contribution in [0.1, 0.15) is 36.8 Å². The first-order valence-electron chi connectivity index (χ1n) is 9.45. The highest BCUT2D eigenvalue weighted by Gasteiger charge is 2.43. The van der Waals surface area contributed by atoms with E-state index in [1.165, 1.54) is 0 Å². The van der Waals surface area contributed by atoms with E-state index in [0.717, 1.165) is 36.8 Å². The number of aliphatic hydroxyl groups excluding tert-OH is 1. The van der Waals surface area contributed by atoms with E-state index in [9.17, 15) is 14.7 Å². The molecular formula is C22H26N2O3. The van der Waals surface area contributed by atoms with Gasteiger partial charge in [-0.25, -0.2) is 0 Å². The van der Waals surface area contributed by atoms with E-state index in [4.69, 9.17) is 0 Å². The SMILES string of the molecule is O=C(NCc1ccccc1)C(CO)NC(=O)C1(c2ccccc2)CCCC1. The summed E-state index contributed by atoms with van der Waals surface area (Å²) in [5, 5.41) is 15.2. The first-order chi connectivity index (χ1) is 13.2. The van der Waals surface area contributed by atoms with Crippen molar-refractivity contribution >= 4 is 11.8 Å². The number of carbonyl (C=O) groups is 2. The van der Waals surface area contributed by atoms with Gasteiger partial charge >= 0.3 is 0 Å². The average molecular weight is 366 g/mol. The molecular weight excluding hydrogens is 340 g/mol. The largest absolute Gasteiger partial charge is 0.394 e. The normalized spacial score (nSPS) is 16.5. The summed E-state index contributed by atoms with van der Waals surface area (Å²) in [5.74, 6) is -0.559. The van der Waals surface area contributed by atoms with Crippen molar-refractivity contribution in [1.29, 1.82) is 0 Å². The standard InChI is InChI=1S/C22H26N2O3/c25-16-19(20(26)23-15-17-9-3-1-4-10-17)24-21(27)22(13-7-8-14-22)18-11-5-2-6-12-18/h1-6,9-12,19,25H,7-8,13-16H2,(H,23,26)(H,24,27). The number of hydrogen-bond donors (Lipinski definition) is 3. The fourth-order valence-corrected chi connectivity index (χ4v) is 3.78. The average Bonchev–Trinajstić information content (AvgIpc) is 3.23. The Hall–Kier alpha value is -2.66. The molecule has 2 aromatic carbocycles. The molecule has 1 fully saturated rings. The van der Waals surface area contributed by atoms with Crippen LogP contribution in [-0.2, 0) is 21.5 Å². The highest BCUT2D eigenvalue weighted by atomic mass is 16.3. The molecule has 3 rings (SSSR count). The van der Waals surface area contributed by atoms with Crippen molar-refractivity contribution < 1.29 is 14.7 Å². The zero-order valence-electron chi connectivity index (χ0n) is 15.4. The molecule has 0 heterocycles. The van der Waals surface area contributed by atoms with Crippen LogP contribution in [0.25, 0.3) is 0 Å². The summed E-state index contributed by atoms with van der Waals surface area (Å²) in [6.45, 7) is -0.0763. The molecule has 0 spiro atoms. The van der Waals surface area contributed by atoms with Crippen LogP contribution in [-0.4, -0.2) is 29.6 Å².